The molecule has 0 radical (unpaired) electrons. The van der Waals surface area contributed by atoms with Gasteiger partial charge in [-0.1, -0.05) is 45.0 Å². The Bertz CT molecular complexity index is 551. The molecule has 1 heterocycles. The van der Waals surface area contributed by atoms with Crippen molar-refractivity contribution in [2.24, 2.45) is 0 Å². The highest BCUT2D eigenvalue weighted by Gasteiger charge is 2.14. The molecule has 0 saturated heterocycles. The predicted octanol–water partition coefficient (Wildman–Crippen LogP) is 5.19. The maximum Gasteiger partial charge on any atom is 0.169 e. The molecule has 0 aliphatic carbocycles. The molecule has 0 spiro atoms. The van der Waals surface area contributed by atoms with Gasteiger partial charge in [0.1, 0.15) is 5.76 Å². The number of benzene rings is 1. The van der Waals surface area contributed by atoms with Crippen molar-refractivity contribution in [3.8, 4) is 0 Å². The third-order valence-electron chi connectivity index (χ3n) is 3.49. The number of rotatable bonds is 4. The minimum atomic E-state index is 0.204. The van der Waals surface area contributed by atoms with E-state index in [0.717, 1.165) is 17.0 Å². The second-order valence-electron chi connectivity index (χ2n) is 6.18. The molecular formula is C17H22BrNO. The highest BCUT2D eigenvalue weighted by atomic mass is 79.9. The summed E-state index contributed by atoms with van der Waals surface area (Å²) in [5.41, 5.74) is 2.86. The average molecular weight is 336 g/mol. The van der Waals surface area contributed by atoms with Crippen molar-refractivity contribution in [3.05, 3.63) is 58.0 Å². The van der Waals surface area contributed by atoms with Crippen molar-refractivity contribution in [1.29, 1.82) is 0 Å². The van der Waals surface area contributed by atoms with Gasteiger partial charge in [-0.2, -0.15) is 0 Å². The summed E-state index contributed by atoms with van der Waals surface area (Å²) in [4.78, 5) is 0. The first-order chi connectivity index (χ1) is 9.36. The molecule has 2 nitrogen and oxygen atoms in total. The fraction of sp³-hybridized carbons (Fsp3) is 0.412. The number of nitrogens with one attached hydrogen (secondary N) is 1. The fourth-order valence-electron chi connectivity index (χ4n) is 2.09. The molecule has 108 valence electrons. The second-order valence-corrected chi connectivity index (χ2v) is 6.96. The molecule has 1 N–H and O–H groups in total. The van der Waals surface area contributed by atoms with E-state index in [-0.39, 0.29) is 5.41 Å². The summed E-state index contributed by atoms with van der Waals surface area (Å²) in [6, 6.07) is 13.0. The number of hydrogen-bond acceptors (Lipinski definition) is 2. The average Bonchev–Trinajstić information content (AvgIpc) is 2.81. The number of halogens is 1. The summed E-state index contributed by atoms with van der Waals surface area (Å²) in [6.07, 6.45) is 0. The maximum atomic E-state index is 5.49. The van der Waals surface area contributed by atoms with Crippen LogP contribution in [0.25, 0.3) is 0 Å². The van der Waals surface area contributed by atoms with Crippen LogP contribution in [0.4, 0.5) is 0 Å². The van der Waals surface area contributed by atoms with E-state index in [2.05, 4.69) is 73.2 Å². The third-order valence-corrected chi connectivity index (χ3v) is 3.91. The van der Waals surface area contributed by atoms with Gasteiger partial charge in [-0.25, -0.2) is 0 Å². The molecule has 3 heteroatoms. The zero-order valence-corrected chi connectivity index (χ0v) is 14.1. The van der Waals surface area contributed by atoms with E-state index >= 15 is 0 Å². The molecular weight excluding hydrogens is 314 g/mol. The summed E-state index contributed by atoms with van der Waals surface area (Å²) in [7, 11) is 0. The van der Waals surface area contributed by atoms with E-state index < -0.39 is 0 Å². The Morgan fingerprint density at radius 1 is 1.10 bits per heavy atom. The first kappa shape index (κ1) is 15.3. The van der Waals surface area contributed by atoms with Crippen molar-refractivity contribution in [3.63, 3.8) is 0 Å². The largest absolute Gasteiger partial charge is 0.453 e. The van der Waals surface area contributed by atoms with Gasteiger partial charge in [0.25, 0.3) is 0 Å². The lowest BCUT2D eigenvalue weighted by Crippen LogP contribution is -2.18. The van der Waals surface area contributed by atoms with Gasteiger partial charge < -0.3 is 9.73 Å². The van der Waals surface area contributed by atoms with Crippen LogP contribution in [0.2, 0.25) is 0 Å². The molecule has 2 rings (SSSR count). The Morgan fingerprint density at radius 2 is 1.75 bits per heavy atom. The zero-order chi connectivity index (χ0) is 14.8. The van der Waals surface area contributed by atoms with Gasteiger partial charge in [-0.3, -0.25) is 0 Å². The molecule has 0 amide bonds. The topological polar surface area (TPSA) is 25.2 Å². The Balaban J connectivity index is 1.97. The van der Waals surface area contributed by atoms with Crippen LogP contribution in [0.1, 0.15) is 50.6 Å². The van der Waals surface area contributed by atoms with Crippen LogP contribution >= 0.6 is 15.9 Å². The van der Waals surface area contributed by atoms with Crippen molar-refractivity contribution < 1.29 is 4.42 Å². The van der Waals surface area contributed by atoms with Gasteiger partial charge in [-0.05, 0) is 51.5 Å². The summed E-state index contributed by atoms with van der Waals surface area (Å²) in [5.74, 6) is 0.940. The van der Waals surface area contributed by atoms with Crippen LogP contribution < -0.4 is 5.32 Å². The van der Waals surface area contributed by atoms with Gasteiger partial charge in [-0.15, -0.1) is 0 Å². The summed E-state index contributed by atoms with van der Waals surface area (Å²) < 4.78 is 6.26. The van der Waals surface area contributed by atoms with Crippen LogP contribution in [0.15, 0.2) is 45.5 Å². The summed E-state index contributed by atoms with van der Waals surface area (Å²) >= 11 is 3.32. The monoisotopic (exact) mass is 335 g/mol. The number of furan rings is 1. The molecule has 1 atom stereocenters. The molecule has 1 unspecified atom stereocenters. The molecule has 0 aliphatic rings. The van der Waals surface area contributed by atoms with Gasteiger partial charge >= 0.3 is 0 Å². The Hall–Kier alpha value is -1.06. The molecule has 0 fully saturated rings. The highest BCUT2D eigenvalue weighted by Crippen LogP contribution is 2.24. The summed E-state index contributed by atoms with van der Waals surface area (Å²) in [5, 5.41) is 3.47. The highest BCUT2D eigenvalue weighted by molar-refractivity contribution is 9.10. The minimum Gasteiger partial charge on any atom is -0.453 e. The molecule has 1 aromatic carbocycles. The lowest BCUT2D eigenvalue weighted by molar-refractivity contribution is 0.447. The Labute approximate surface area is 129 Å². The quantitative estimate of drug-likeness (QED) is 0.831. The van der Waals surface area contributed by atoms with E-state index in [1.807, 2.05) is 12.1 Å². The molecule has 2 aromatic rings. The fourth-order valence-corrected chi connectivity index (χ4v) is 2.43. The van der Waals surface area contributed by atoms with Crippen molar-refractivity contribution in [2.75, 3.05) is 0 Å². The SMILES string of the molecule is CC(NCc1ccc(Br)o1)c1ccc(C(C)(C)C)cc1. The van der Waals surface area contributed by atoms with Crippen LogP contribution in [0, 0.1) is 0 Å². The van der Waals surface area contributed by atoms with Gasteiger partial charge in [0, 0.05) is 6.04 Å². The molecule has 0 aliphatic heterocycles. The van der Waals surface area contributed by atoms with Crippen molar-refractivity contribution >= 4 is 15.9 Å². The predicted molar refractivity (Wildman–Crippen MR) is 86.8 cm³/mol. The normalized spacial score (nSPS) is 13.4. The van der Waals surface area contributed by atoms with E-state index in [0.29, 0.717) is 6.04 Å². The third kappa shape index (κ3) is 3.97. The minimum absolute atomic E-state index is 0.204. The second kappa shape index (κ2) is 6.15. The van der Waals surface area contributed by atoms with E-state index in [4.69, 9.17) is 4.42 Å². The first-order valence-electron chi connectivity index (χ1n) is 6.94. The van der Waals surface area contributed by atoms with E-state index in [9.17, 15) is 0 Å². The standard InChI is InChI=1S/C17H22BrNO/c1-12(19-11-15-9-10-16(18)20-15)13-5-7-14(8-6-13)17(2,3)4/h5-10,12,19H,11H2,1-4H3. The molecule has 20 heavy (non-hydrogen) atoms. The molecule has 0 bridgehead atoms. The first-order valence-corrected chi connectivity index (χ1v) is 7.73. The van der Waals surface area contributed by atoms with Gasteiger partial charge in [0.15, 0.2) is 4.67 Å². The Kier molecular flexibility index (Phi) is 4.71. The van der Waals surface area contributed by atoms with Crippen LogP contribution in [-0.4, -0.2) is 0 Å². The smallest absolute Gasteiger partial charge is 0.169 e. The van der Waals surface area contributed by atoms with Crippen molar-refractivity contribution in [2.45, 2.75) is 45.7 Å². The Morgan fingerprint density at radius 3 is 2.25 bits per heavy atom. The van der Waals surface area contributed by atoms with Crippen LogP contribution in [0.5, 0.6) is 0 Å². The van der Waals surface area contributed by atoms with E-state index in [1.54, 1.807) is 0 Å². The van der Waals surface area contributed by atoms with Gasteiger partial charge in [0.2, 0.25) is 0 Å². The number of hydrogen-bond donors (Lipinski definition) is 1. The molecule has 0 saturated carbocycles. The van der Waals surface area contributed by atoms with Crippen LogP contribution in [0.3, 0.4) is 0 Å². The zero-order valence-electron chi connectivity index (χ0n) is 12.5. The van der Waals surface area contributed by atoms with E-state index in [1.165, 1.54) is 11.1 Å². The van der Waals surface area contributed by atoms with Crippen LogP contribution in [-0.2, 0) is 12.0 Å². The lowest BCUT2D eigenvalue weighted by Gasteiger charge is -2.20. The molecule has 1 aromatic heterocycles. The summed E-state index contributed by atoms with van der Waals surface area (Å²) in [6.45, 7) is 9.60. The lowest BCUT2D eigenvalue weighted by atomic mass is 9.86. The van der Waals surface area contributed by atoms with Gasteiger partial charge in [0.05, 0.1) is 6.54 Å². The van der Waals surface area contributed by atoms with Crippen molar-refractivity contribution in [1.82, 2.24) is 5.32 Å². The maximum absolute atomic E-state index is 5.49.